The van der Waals surface area contributed by atoms with Crippen molar-refractivity contribution >= 4 is 26.5 Å². The highest BCUT2D eigenvalue weighted by molar-refractivity contribution is 7.89. The van der Waals surface area contributed by atoms with Gasteiger partial charge in [-0.3, -0.25) is 0 Å². The van der Waals surface area contributed by atoms with E-state index in [4.69, 9.17) is 4.98 Å². The summed E-state index contributed by atoms with van der Waals surface area (Å²) in [6, 6.07) is 8.77. The van der Waals surface area contributed by atoms with E-state index in [1.165, 1.54) is 21.0 Å². The van der Waals surface area contributed by atoms with E-state index in [1.807, 2.05) is 16.3 Å². The summed E-state index contributed by atoms with van der Waals surface area (Å²) in [6.07, 6.45) is 0.757. The lowest BCUT2D eigenvalue weighted by atomic mass is 9.99. The monoisotopic (exact) mass is 463 g/mol. The zero-order chi connectivity index (χ0) is 22.2. The Bertz CT molecular complexity index is 1180. The zero-order valence-electron chi connectivity index (χ0n) is 17.3. The molecule has 0 radical (unpaired) electrons. The number of aromatic nitrogens is 1. The Kier molecular flexibility index (Phi) is 6.09. The first kappa shape index (κ1) is 21.9. The average Bonchev–Trinajstić information content (AvgIpc) is 3.19. The Morgan fingerprint density at radius 3 is 2.35 bits per heavy atom. The van der Waals surface area contributed by atoms with Gasteiger partial charge in [-0.05, 0) is 42.7 Å². The topological polar surface area (TPSA) is 53.5 Å². The fourth-order valence-electron chi connectivity index (χ4n) is 3.77. The Morgan fingerprint density at radius 1 is 1.03 bits per heavy atom. The number of thiazole rings is 1. The molecule has 1 saturated heterocycles. The predicted molar refractivity (Wildman–Crippen MR) is 118 cm³/mol. The lowest BCUT2D eigenvalue weighted by Crippen LogP contribution is -2.48. The highest BCUT2D eigenvalue weighted by Crippen LogP contribution is 2.27. The number of piperazine rings is 1. The van der Waals surface area contributed by atoms with Crippen LogP contribution in [0.25, 0.3) is 0 Å². The van der Waals surface area contributed by atoms with E-state index < -0.39 is 26.6 Å². The van der Waals surface area contributed by atoms with Crippen molar-refractivity contribution in [3.63, 3.8) is 0 Å². The summed E-state index contributed by atoms with van der Waals surface area (Å²) in [5.41, 5.74) is 4.74. The lowest BCUT2D eigenvalue weighted by Gasteiger charge is -2.33. The molecule has 164 valence electrons. The maximum absolute atomic E-state index is 14.0. The molecule has 4 rings (SSSR count). The summed E-state index contributed by atoms with van der Waals surface area (Å²) in [4.78, 5) is 6.31. The van der Waals surface area contributed by atoms with Crippen LogP contribution in [0.15, 0.2) is 46.7 Å². The first-order chi connectivity index (χ1) is 14.8. The molecule has 1 aliphatic rings. The summed E-state index contributed by atoms with van der Waals surface area (Å²) in [7, 11) is -4.01. The maximum atomic E-state index is 14.0. The molecule has 0 bridgehead atoms. The van der Waals surface area contributed by atoms with Crippen LogP contribution in [0.4, 0.5) is 13.9 Å². The molecule has 0 saturated carbocycles. The molecule has 2 heterocycles. The molecule has 1 aliphatic heterocycles. The highest BCUT2D eigenvalue weighted by Gasteiger charge is 2.31. The van der Waals surface area contributed by atoms with E-state index in [1.54, 1.807) is 11.3 Å². The summed E-state index contributed by atoms with van der Waals surface area (Å²) < 4.78 is 53.9. The molecule has 0 spiro atoms. The maximum Gasteiger partial charge on any atom is 0.246 e. The molecule has 0 atom stereocenters. The van der Waals surface area contributed by atoms with Gasteiger partial charge < -0.3 is 4.90 Å². The van der Waals surface area contributed by atoms with Gasteiger partial charge in [-0.25, -0.2) is 22.2 Å². The molecule has 5 nitrogen and oxygen atoms in total. The number of aryl methyl sites for hydroxylation is 2. The molecular formula is C22H23F2N3O2S2. The van der Waals surface area contributed by atoms with Gasteiger partial charge >= 0.3 is 0 Å². The van der Waals surface area contributed by atoms with Crippen molar-refractivity contribution in [1.29, 1.82) is 0 Å². The third kappa shape index (κ3) is 4.49. The second-order valence-corrected chi connectivity index (χ2v) is 10.4. The molecule has 0 amide bonds. The smallest absolute Gasteiger partial charge is 0.246 e. The van der Waals surface area contributed by atoms with Gasteiger partial charge in [0.05, 0.1) is 5.69 Å². The van der Waals surface area contributed by atoms with Gasteiger partial charge in [0.15, 0.2) is 5.13 Å². The van der Waals surface area contributed by atoms with Crippen molar-refractivity contribution in [2.75, 3.05) is 31.1 Å². The van der Waals surface area contributed by atoms with E-state index in [0.717, 1.165) is 29.4 Å². The van der Waals surface area contributed by atoms with Crippen LogP contribution in [0.3, 0.4) is 0 Å². The largest absolute Gasteiger partial charge is 0.345 e. The van der Waals surface area contributed by atoms with Crippen molar-refractivity contribution in [3.05, 3.63) is 75.8 Å². The molecule has 9 heteroatoms. The first-order valence-electron chi connectivity index (χ1n) is 9.95. The Hall–Kier alpha value is -2.36. The van der Waals surface area contributed by atoms with Gasteiger partial charge in [-0.1, -0.05) is 18.2 Å². The van der Waals surface area contributed by atoms with Crippen molar-refractivity contribution in [1.82, 2.24) is 9.29 Å². The van der Waals surface area contributed by atoms with Crippen LogP contribution in [-0.2, 0) is 16.4 Å². The number of benzene rings is 2. The lowest BCUT2D eigenvalue weighted by molar-refractivity contribution is 0.382. The number of hydrogen-bond acceptors (Lipinski definition) is 5. The third-order valence-electron chi connectivity index (χ3n) is 5.56. The number of halogens is 2. The van der Waals surface area contributed by atoms with Crippen LogP contribution >= 0.6 is 11.3 Å². The molecule has 0 unspecified atom stereocenters. The quantitative estimate of drug-likeness (QED) is 0.571. The van der Waals surface area contributed by atoms with Crippen LogP contribution in [0, 0.1) is 25.5 Å². The highest BCUT2D eigenvalue weighted by atomic mass is 32.2. The summed E-state index contributed by atoms with van der Waals surface area (Å²) in [5.74, 6) is -1.87. The minimum atomic E-state index is -4.01. The van der Waals surface area contributed by atoms with E-state index in [-0.39, 0.29) is 13.1 Å². The van der Waals surface area contributed by atoms with Gasteiger partial charge in [0.25, 0.3) is 0 Å². The second kappa shape index (κ2) is 8.64. The van der Waals surface area contributed by atoms with Crippen molar-refractivity contribution < 1.29 is 17.2 Å². The number of sulfonamides is 1. The van der Waals surface area contributed by atoms with Crippen LogP contribution in [-0.4, -0.2) is 43.9 Å². The molecule has 3 aromatic rings. The van der Waals surface area contributed by atoms with Gasteiger partial charge in [-0.15, -0.1) is 11.3 Å². The fraction of sp³-hybridized carbons (Fsp3) is 0.318. The molecule has 2 aromatic carbocycles. The molecule has 0 N–H and O–H groups in total. The van der Waals surface area contributed by atoms with Gasteiger partial charge in [-0.2, -0.15) is 4.31 Å². The predicted octanol–water partition coefficient (Wildman–Crippen LogP) is 4.14. The summed E-state index contributed by atoms with van der Waals surface area (Å²) in [6.45, 7) is 5.53. The Labute approximate surface area is 185 Å². The number of rotatable bonds is 5. The van der Waals surface area contributed by atoms with E-state index in [9.17, 15) is 17.2 Å². The molecular weight excluding hydrogens is 440 g/mol. The van der Waals surface area contributed by atoms with Gasteiger partial charge in [0.2, 0.25) is 10.0 Å². The average molecular weight is 464 g/mol. The SMILES string of the molecule is Cc1cccc(C)c1Cc1csc(N2CCN(S(=O)(=O)c3ccc(F)cc3F)CC2)n1. The van der Waals surface area contributed by atoms with Gasteiger partial charge in [0.1, 0.15) is 16.5 Å². The van der Waals surface area contributed by atoms with E-state index in [2.05, 4.69) is 26.0 Å². The summed E-state index contributed by atoms with van der Waals surface area (Å²) in [5, 5.41) is 2.89. The zero-order valence-corrected chi connectivity index (χ0v) is 18.9. The molecule has 1 aromatic heterocycles. The molecule has 1 fully saturated rings. The van der Waals surface area contributed by atoms with E-state index in [0.29, 0.717) is 19.2 Å². The number of nitrogens with zero attached hydrogens (tertiary/aromatic N) is 3. The normalized spacial score (nSPS) is 15.4. The molecule has 0 aliphatic carbocycles. The minimum absolute atomic E-state index is 0.213. The second-order valence-electron chi connectivity index (χ2n) is 7.63. The Balaban J connectivity index is 1.44. The first-order valence-corrected chi connectivity index (χ1v) is 12.3. The van der Waals surface area contributed by atoms with Crippen LogP contribution in [0.2, 0.25) is 0 Å². The summed E-state index contributed by atoms with van der Waals surface area (Å²) >= 11 is 1.54. The van der Waals surface area contributed by atoms with Crippen LogP contribution in [0.1, 0.15) is 22.4 Å². The van der Waals surface area contributed by atoms with Crippen molar-refractivity contribution in [2.45, 2.75) is 25.2 Å². The van der Waals surface area contributed by atoms with Crippen molar-refractivity contribution in [3.8, 4) is 0 Å². The number of hydrogen-bond donors (Lipinski definition) is 0. The van der Waals surface area contributed by atoms with Crippen molar-refractivity contribution in [2.24, 2.45) is 0 Å². The Morgan fingerprint density at radius 2 is 1.71 bits per heavy atom. The third-order valence-corrected chi connectivity index (χ3v) is 8.45. The molecule has 31 heavy (non-hydrogen) atoms. The standard InChI is InChI=1S/C22H23F2N3O2S2/c1-15-4-3-5-16(2)19(15)13-18-14-30-22(25-18)26-8-10-27(11-9-26)31(28,29)21-7-6-17(23)12-20(21)24/h3-7,12,14H,8-11,13H2,1-2H3. The number of anilines is 1. The van der Waals surface area contributed by atoms with E-state index >= 15 is 0 Å². The van der Waals surface area contributed by atoms with Crippen LogP contribution < -0.4 is 4.90 Å². The van der Waals surface area contributed by atoms with Crippen LogP contribution in [0.5, 0.6) is 0 Å². The minimum Gasteiger partial charge on any atom is -0.345 e. The van der Waals surface area contributed by atoms with Gasteiger partial charge in [0, 0.05) is 44.0 Å². The fourth-order valence-corrected chi connectivity index (χ4v) is 6.12.